The fourth-order valence-electron chi connectivity index (χ4n) is 2.76. The van der Waals surface area contributed by atoms with E-state index in [9.17, 15) is 4.79 Å². The Balaban J connectivity index is 1.76. The first-order valence-corrected chi connectivity index (χ1v) is 6.73. The minimum absolute atomic E-state index is 0.225. The summed E-state index contributed by atoms with van der Waals surface area (Å²) in [6.45, 7) is 4.16. The summed E-state index contributed by atoms with van der Waals surface area (Å²) in [5.41, 5.74) is 13.4. The first-order valence-electron chi connectivity index (χ1n) is 6.73. The van der Waals surface area contributed by atoms with E-state index in [0.717, 1.165) is 35.5 Å². The Morgan fingerprint density at radius 1 is 1.55 bits per heavy atom. The van der Waals surface area contributed by atoms with Crippen molar-refractivity contribution in [2.75, 3.05) is 18.8 Å². The van der Waals surface area contributed by atoms with E-state index >= 15 is 0 Å². The topological polar surface area (TPSA) is 101 Å². The van der Waals surface area contributed by atoms with Gasteiger partial charge in [0.25, 0.3) is 0 Å². The molecular formula is C14H19N5O. The minimum Gasteiger partial charge on any atom is -0.399 e. The number of amides is 1. The lowest BCUT2D eigenvalue weighted by Crippen LogP contribution is -2.37. The molecule has 1 aromatic carbocycles. The minimum atomic E-state index is -0.420. The lowest BCUT2D eigenvalue weighted by Gasteiger charge is -2.20. The zero-order valence-corrected chi connectivity index (χ0v) is 11.5. The fourth-order valence-corrected chi connectivity index (χ4v) is 2.76. The van der Waals surface area contributed by atoms with Crippen LogP contribution in [-0.2, 0) is 11.3 Å². The van der Waals surface area contributed by atoms with Crippen LogP contribution in [0.15, 0.2) is 18.2 Å². The molecule has 1 amide bonds. The predicted molar refractivity (Wildman–Crippen MR) is 77.7 cm³/mol. The number of carbonyl (C=O) groups is 1. The molecule has 0 saturated carbocycles. The molecule has 1 aliphatic rings. The van der Waals surface area contributed by atoms with Crippen LogP contribution >= 0.6 is 0 Å². The highest BCUT2D eigenvalue weighted by atomic mass is 16.1. The molecule has 1 saturated heterocycles. The summed E-state index contributed by atoms with van der Waals surface area (Å²) >= 11 is 0. The second-order valence-corrected chi connectivity index (χ2v) is 5.85. The summed E-state index contributed by atoms with van der Waals surface area (Å²) in [5.74, 6) is 0.664. The highest BCUT2D eigenvalue weighted by Gasteiger charge is 2.38. The van der Waals surface area contributed by atoms with Crippen LogP contribution in [0.5, 0.6) is 0 Å². The second-order valence-electron chi connectivity index (χ2n) is 5.85. The highest BCUT2D eigenvalue weighted by Crippen LogP contribution is 2.30. The number of anilines is 1. The molecule has 5 N–H and O–H groups in total. The van der Waals surface area contributed by atoms with Gasteiger partial charge in [-0.3, -0.25) is 9.69 Å². The summed E-state index contributed by atoms with van der Waals surface area (Å²) in [6, 6.07) is 5.62. The van der Waals surface area contributed by atoms with Gasteiger partial charge in [0.2, 0.25) is 5.91 Å². The molecule has 1 aliphatic heterocycles. The van der Waals surface area contributed by atoms with Gasteiger partial charge in [0.05, 0.1) is 23.0 Å². The van der Waals surface area contributed by atoms with E-state index in [4.69, 9.17) is 11.5 Å². The maximum atomic E-state index is 11.5. The van der Waals surface area contributed by atoms with Crippen LogP contribution in [0, 0.1) is 5.41 Å². The first kappa shape index (κ1) is 12.9. The zero-order chi connectivity index (χ0) is 14.3. The van der Waals surface area contributed by atoms with Gasteiger partial charge < -0.3 is 16.5 Å². The van der Waals surface area contributed by atoms with E-state index in [2.05, 4.69) is 14.9 Å². The van der Waals surface area contributed by atoms with Crippen molar-refractivity contribution in [3.8, 4) is 0 Å². The quantitative estimate of drug-likeness (QED) is 0.721. The molecule has 1 fully saturated rings. The van der Waals surface area contributed by atoms with Gasteiger partial charge >= 0.3 is 0 Å². The summed E-state index contributed by atoms with van der Waals surface area (Å²) in [6.07, 6.45) is 0.801. The van der Waals surface area contributed by atoms with Crippen molar-refractivity contribution in [3.05, 3.63) is 24.0 Å². The highest BCUT2D eigenvalue weighted by molar-refractivity contribution is 5.81. The lowest BCUT2D eigenvalue weighted by atomic mass is 9.89. The molecule has 6 nitrogen and oxygen atoms in total. The van der Waals surface area contributed by atoms with Crippen LogP contribution in [0.4, 0.5) is 5.69 Å². The van der Waals surface area contributed by atoms with Gasteiger partial charge in [0.15, 0.2) is 0 Å². The number of aromatic nitrogens is 2. The van der Waals surface area contributed by atoms with Crippen LogP contribution in [0.1, 0.15) is 19.2 Å². The Morgan fingerprint density at radius 3 is 3.05 bits per heavy atom. The van der Waals surface area contributed by atoms with Gasteiger partial charge in [-0.25, -0.2) is 4.98 Å². The number of imidazole rings is 1. The largest absolute Gasteiger partial charge is 0.399 e. The zero-order valence-electron chi connectivity index (χ0n) is 11.5. The molecule has 20 heavy (non-hydrogen) atoms. The van der Waals surface area contributed by atoms with Crippen LogP contribution in [-0.4, -0.2) is 33.9 Å². The molecule has 2 aromatic rings. The van der Waals surface area contributed by atoms with Gasteiger partial charge in [-0.2, -0.15) is 0 Å². The molecule has 1 atom stereocenters. The van der Waals surface area contributed by atoms with Gasteiger partial charge in [0, 0.05) is 12.2 Å². The SMILES string of the molecule is CC1(C(N)=O)CCN(Cc2nc3ccc(N)cc3[nH]2)C1. The lowest BCUT2D eigenvalue weighted by molar-refractivity contribution is -0.126. The van der Waals surface area contributed by atoms with E-state index < -0.39 is 5.41 Å². The molecule has 3 rings (SSSR count). The van der Waals surface area contributed by atoms with E-state index in [0.29, 0.717) is 13.1 Å². The Kier molecular flexibility index (Phi) is 2.90. The summed E-state index contributed by atoms with van der Waals surface area (Å²) in [4.78, 5) is 21.5. The van der Waals surface area contributed by atoms with Crippen molar-refractivity contribution in [2.45, 2.75) is 19.9 Å². The van der Waals surface area contributed by atoms with E-state index in [-0.39, 0.29) is 5.91 Å². The van der Waals surface area contributed by atoms with E-state index in [1.54, 1.807) is 0 Å². The van der Waals surface area contributed by atoms with E-state index in [1.807, 2.05) is 25.1 Å². The molecule has 1 aromatic heterocycles. The van der Waals surface area contributed by atoms with Crippen molar-refractivity contribution in [3.63, 3.8) is 0 Å². The second kappa shape index (κ2) is 4.49. The average molecular weight is 273 g/mol. The summed E-state index contributed by atoms with van der Waals surface area (Å²) < 4.78 is 0. The first-order chi connectivity index (χ1) is 9.46. The maximum Gasteiger partial charge on any atom is 0.224 e. The number of hydrogen-bond acceptors (Lipinski definition) is 4. The van der Waals surface area contributed by atoms with Crippen molar-refractivity contribution in [1.82, 2.24) is 14.9 Å². The summed E-state index contributed by atoms with van der Waals surface area (Å²) in [7, 11) is 0. The molecule has 106 valence electrons. The van der Waals surface area contributed by atoms with Crippen molar-refractivity contribution < 1.29 is 4.79 Å². The summed E-state index contributed by atoms with van der Waals surface area (Å²) in [5, 5.41) is 0. The smallest absolute Gasteiger partial charge is 0.224 e. The monoisotopic (exact) mass is 273 g/mol. The number of benzene rings is 1. The number of nitrogens with one attached hydrogen (secondary N) is 1. The van der Waals surface area contributed by atoms with Gasteiger partial charge in [0.1, 0.15) is 5.82 Å². The molecule has 0 aliphatic carbocycles. The predicted octanol–water partition coefficient (Wildman–Crippen LogP) is 0.842. The maximum absolute atomic E-state index is 11.5. The molecule has 2 heterocycles. The van der Waals surface area contributed by atoms with Crippen LogP contribution in [0.3, 0.4) is 0 Å². The number of carbonyl (C=O) groups excluding carboxylic acids is 1. The Bertz CT molecular complexity index is 665. The van der Waals surface area contributed by atoms with Crippen LogP contribution in [0.2, 0.25) is 0 Å². The molecule has 0 bridgehead atoms. The Labute approximate surface area is 117 Å². The molecule has 0 spiro atoms. The molecular weight excluding hydrogens is 254 g/mol. The van der Waals surface area contributed by atoms with Gasteiger partial charge in [-0.1, -0.05) is 0 Å². The number of rotatable bonds is 3. The third-order valence-corrected chi connectivity index (χ3v) is 4.08. The third-order valence-electron chi connectivity index (χ3n) is 4.08. The molecule has 1 unspecified atom stereocenters. The van der Waals surface area contributed by atoms with Crippen molar-refractivity contribution >= 4 is 22.6 Å². The van der Waals surface area contributed by atoms with Gasteiger partial charge in [-0.15, -0.1) is 0 Å². The number of hydrogen-bond donors (Lipinski definition) is 3. The number of nitrogens with two attached hydrogens (primary N) is 2. The Morgan fingerprint density at radius 2 is 2.35 bits per heavy atom. The molecule has 0 radical (unpaired) electrons. The number of fused-ring (bicyclic) bond motifs is 1. The fraction of sp³-hybridized carbons (Fsp3) is 0.429. The number of nitrogen functional groups attached to an aromatic ring is 1. The Hall–Kier alpha value is -2.08. The number of nitrogens with zero attached hydrogens (tertiary/aromatic N) is 2. The average Bonchev–Trinajstić information content (AvgIpc) is 2.93. The number of H-pyrrole nitrogens is 1. The normalized spacial score (nSPS) is 23.4. The van der Waals surface area contributed by atoms with Gasteiger partial charge in [-0.05, 0) is 38.1 Å². The molecule has 6 heteroatoms. The number of likely N-dealkylation sites (tertiary alicyclic amines) is 1. The van der Waals surface area contributed by atoms with E-state index in [1.165, 1.54) is 0 Å². The van der Waals surface area contributed by atoms with Crippen LogP contribution in [0.25, 0.3) is 11.0 Å². The van der Waals surface area contributed by atoms with Crippen LogP contribution < -0.4 is 11.5 Å². The third kappa shape index (κ3) is 2.22. The standard InChI is InChI=1S/C14H19N5O/c1-14(13(16)20)4-5-19(8-14)7-12-17-10-3-2-9(15)6-11(10)18-12/h2-3,6H,4-5,7-8,15H2,1H3,(H2,16,20)(H,17,18). The van der Waals surface area contributed by atoms with Crippen molar-refractivity contribution in [2.24, 2.45) is 11.1 Å². The number of primary amides is 1. The van der Waals surface area contributed by atoms with Crippen molar-refractivity contribution in [1.29, 1.82) is 0 Å². The number of aromatic amines is 1.